The van der Waals surface area contributed by atoms with Crippen molar-refractivity contribution in [3.63, 3.8) is 0 Å². The van der Waals surface area contributed by atoms with E-state index < -0.39 is 11.8 Å². The van der Waals surface area contributed by atoms with E-state index >= 15 is 0 Å². The summed E-state index contributed by atoms with van der Waals surface area (Å²) in [5, 5.41) is 0. The summed E-state index contributed by atoms with van der Waals surface area (Å²) in [5.74, 6) is -0.909. The molecule has 2 aromatic carbocycles. The lowest BCUT2D eigenvalue weighted by molar-refractivity contribution is 0.0469. The molecule has 0 saturated carbocycles. The monoisotopic (exact) mass is 259 g/mol. The van der Waals surface area contributed by atoms with Crippen LogP contribution in [0.15, 0.2) is 42.5 Å². The van der Waals surface area contributed by atoms with Gasteiger partial charge < -0.3 is 10.5 Å². The van der Waals surface area contributed by atoms with Gasteiger partial charge in [-0.15, -0.1) is 0 Å². The second-order valence-electron chi connectivity index (χ2n) is 4.24. The van der Waals surface area contributed by atoms with Crippen molar-refractivity contribution in [1.29, 1.82) is 0 Å². The molecule has 0 spiro atoms. The van der Waals surface area contributed by atoms with Crippen molar-refractivity contribution in [2.24, 2.45) is 0 Å². The van der Waals surface area contributed by atoms with E-state index in [1.54, 1.807) is 36.4 Å². The summed E-state index contributed by atoms with van der Waals surface area (Å²) in [6.45, 7) is 1.75. The van der Waals surface area contributed by atoms with E-state index in [-0.39, 0.29) is 6.61 Å². The molecule has 2 N–H and O–H groups in total. The molecule has 0 unspecified atom stereocenters. The van der Waals surface area contributed by atoms with E-state index in [9.17, 15) is 9.18 Å². The summed E-state index contributed by atoms with van der Waals surface area (Å²) in [4.78, 5) is 11.8. The number of hydrogen-bond donors (Lipinski definition) is 1. The van der Waals surface area contributed by atoms with Crippen molar-refractivity contribution in [3.8, 4) is 0 Å². The van der Waals surface area contributed by atoms with Gasteiger partial charge >= 0.3 is 5.97 Å². The number of benzene rings is 2. The van der Waals surface area contributed by atoms with Gasteiger partial charge in [0.15, 0.2) is 0 Å². The van der Waals surface area contributed by atoms with Gasteiger partial charge in [0.25, 0.3) is 0 Å². The van der Waals surface area contributed by atoms with Crippen LogP contribution in [0.5, 0.6) is 0 Å². The molecule has 0 aliphatic carbocycles. The van der Waals surface area contributed by atoms with Gasteiger partial charge in [0.1, 0.15) is 12.4 Å². The normalized spacial score (nSPS) is 10.2. The van der Waals surface area contributed by atoms with Crippen LogP contribution in [0.2, 0.25) is 0 Å². The molecule has 0 aliphatic rings. The number of rotatable bonds is 3. The van der Waals surface area contributed by atoms with Crippen LogP contribution in [0.1, 0.15) is 21.5 Å². The minimum Gasteiger partial charge on any atom is -0.457 e. The van der Waals surface area contributed by atoms with Crippen molar-refractivity contribution in [3.05, 3.63) is 65.0 Å². The largest absolute Gasteiger partial charge is 0.457 e. The van der Waals surface area contributed by atoms with Crippen LogP contribution in [0.25, 0.3) is 0 Å². The zero-order chi connectivity index (χ0) is 13.8. The molecule has 0 radical (unpaired) electrons. The highest BCUT2D eigenvalue weighted by Crippen LogP contribution is 2.15. The van der Waals surface area contributed by atoms with E-state index in [0.717, 1.165) is 5.56 Å². The van der Waals surface area contributed by atoms with E-state index in [2.05, 4.69) is 0 Å². The minimum absolute atomic E-state index is 0.0979. The van der Waals surface area contributed by atoms with Crippen LogP contribution >= 0.6 is 0 Å². The SMILES string of the molecule is Cc1ccc(C(=O)OCc2ccccc2F)cc1N. The first-order chi connectivity index (χ1) is 9.08. The molecule has 0 bridgehead atoms. The Balaban J connectivity index is 2.05. The number of hydrogen-bond acceptors (Lipinski definition) is 3. The quantitative estimate of drug-likeness (QED) is 0.680. The molecule has 3 nitrogen and oxygen atoms in total. The maximum Gasteiger partial charge on any atom is 0.338 e. The Kier molecular flexibility index (Phi) is 3.80. The zero-order valence-electron chi connectivity index (χ0n) is 10.5. The molecule has 2 aromatic rings. The third-order valence-corrected chi connectivity index (χ3v) is 2.83. The first-order valence-corrected chi connectivity index (χ1v) is 5.84. The number of nitrogens with two attached hydrogens (primary N) is 1. The van der Waals surface area contributed by atoms with Gasteiger partial charge in [0.2, 0.25) is 0 Å². The minimum atomic E-state index is -0.519. The average Bonchev–Trinajstić information content (AvgIpc) is 2.40. The van der Waals surface area contributed by atoms with Crippen molar-refractivity contribution in [1.82, 2.24) is 0 Å². The molecule has 0 amide bonds. The first-order valence-electron chi connectivity index (χ1n) is 5.84. The lowest BCUT2D eigenvalue weighted by Gasteiger charge is -2.07. The van der Waals surface area contributed by atoms with Gasteiger partial charge in [-0.25, -0.2) is 9.18 Å². The number of anilines is 1. The Labute approximate surface area is 110 Å². The average molecular weight is 259 g/mol. The first kappa shape index (κ1) is 13.1. The van der Waals surface area contributed by atoms with Crippen molar-refractivity contribution in [2.45, 2.75) is 13.5 Å². The van der Waals surface area contributed by atoms with Gasteiger partial charge in [0, 0.05) is 11.3 Å². The van der Waals surface area contributed by atoms with Crippen LogP contribution in [0.3, 0.4) is 0 Å². The number of carbonyl (C=O) groups excluding carboxylic acids is 1. The molecular formula is C15H14FNO2. The van der Waals surface area contributed by atoms with Gasteiger partial charge in [-0.05, 0) is 30.7 Å². The highest BCUT2D eigenvalue weighted by molar-refractivity contribution is 5.90. The van der Waals surface area contributed by atoms with E-state index in [1.807, 2.05) is 6.92 Å². The number of esters is 1. The molecule has 0 saturated heterocycles. The predicted octanol–water partition coefficient (Wildman–Crippen LogP) is 3.07. The molecule has 0 atom stereocenters. The number of halogens is 1. The van der Waals surface area contributed by atoms with Crippen LogP contribution < -0.4 is 5.73 Å². The highest BCUT2D eigenvalue weighted by atomic mass is 19.1. The van der Waals surface area contributed by atoms with Gasteiger partial charge in [0.05, 0.1) is 5.56 Å². The van der Waals surface area contributed by atoms with Crippen molar-refractivity contribution in [2.75, 3.05) is 5.73 Å². The van der Waals surface area contributed by atoms with E-state index in [1.165, 1.54) is 6.07 Å². The summed E-state index contributed by atoms with van der Waals surface area (Å²) in [5.41, 5.74) is 7.85. The summed E-state index contributed by atoms with van der Waals surface area (Å²) >= 11 is 0. The molecular weight excluding hydrogens is 245 g/mol. The number of aryl methyl sites for hydroxylation is 1. The van der Waals surface area contributed by atoms with Gasteiger partial charge in [-0.1, -0.05) is 24.3 Å². The highest BCUT2D eigenvalue weighted by Gasteiger charge is 2.10. The predicted molar refractivity (Wildman–Crippen MR) is 71.1 cm³/mol. The van der Waals surface area contributed by atoms with E-state index in [0.29, 0.717) is 16.8 Å². The molecule has 0 aliphatic heterocycles. The fourth-order valence-corrected chi connectivity index (χ4v) is 1.61. The molecule has 98 valence electrons. The summed E-state index contributed by atoms with van der Waals surface area (Å²) in [6.07, 6.45) is 0. The Morgan fingerprint density at radius 3 is 2.68 bits per heavy atom. The standard InChI is InChI=1S/C15H14FNO2/c1-10-6-7-11(8-14(10)17)15(18)19-9-12-4-2-3-5-13(12)16/h2-8H,9,17H2,1H3. The fourth-order valence-electron chi connectivity index (χ4n) is 1.61. The third-order valence-electron chi connectivity index (χ3n) is 2.83. The van der Waals surface area contributed by atoms with Crippen molar-refractivity contribution >= 4 is 11.7 Å². The summed E-state index contributed by atoms with van der Waals surface area (Å²) in [6, 6.07) is 11.1. The van der Waals surface area contributed by atoms with Gasteiger partial charge in [-0.2, -0.15) is 0 Å². The van der Waals surface area contributed by atoms with E-state index in [4.69, 9.17) is 10.5 Å². The Hall–Kier alpha value is -2.36. The molecule has 0 heterocycles. The molecule has 4 heteroatoms. The van der Waals surface area contributed by atoms with Crippen LogP contribution in [-0.4, -0.2) is 5.97 Å². The van der Waals surface area contributed by atoms with Crippen LogP contribution in [0.4, 0.5) is 10.1 Å². The smallest absolute Gasteiger partial charge is 0.338 e. The Morgan fingerprint density at radius 1 is 1.26 bits per heavy atom. The molecule has 19 heavy (non-hydrogen) atoms. The fraction of sp³-hybridized carbons (Fsp3) is 0.133. The van der Waals surface area contributed by atoms with Crippen LogP contribution in [0, 0.1) is 12.7 Å². The summed E-state index contributed by atoms with van der Waals surface area (Å²) in [7, 11) is 0. The topological polar surface area (TPSA) is 52.3 Å². The second-order valence-corrected chi connectivity index (χ2v) is 4.24. The molecule has 0 fully saturated rings. The number of carbonyl (C=O) groups is 1. The number of nitrogen functional groups attached to an aromatic ring is 1. The Bertz CT molecular complexity index is 611. The van der Waals surface area contributed by atoms with Crippen molar-refractivity contribution < 1.29 is 13.9 Å². The summed E-state index contributed by atoms with van der Waals surface area (Å²) < 4.78 is 18.4. The molecule has 0 aromatic heterocycles. The molecule has 2 rings (SSSR count). The van der Waals surface area contributed by atoms with Gasteiger partial charge in [-0.3, -0.25) is 0 Å². The van der Waals surface area contributed by atoms with Crippen LogP contribution in [-0.2, 0) is 11.3 Å². The lowest BCUT2D eigenvalue weighted by atomic mass is 10.1. The second kappa shape index (κ2) is 5.52. The Morgan fingerprint density at radius 2 is 2.00 bits per heavy atom. The maximum atomic E-state index is 13.3. The lowest BCUT2D eigenvalue weighted by Crippen LogP contribution is -2.07. The maximum absolute atomic E-state index is 13.3. The number of ether oxygens (including phenoxy) is 1. The third kappa shape index (κ3) is 3.10. The zero-order valence-corrected chi connectivity index (χ0v) is 10.5.